The number of allylic oxidation sites excluding steroid dienone is 1. The number of ether oxygens (including phenoxy) is 2. The molecular weight excluding hydrogens is 294 g/mol. The number of nitrogens with two attached hydrogens (primary N) is 1. The van der Waals surface area contributed by atoms with Crippen LogP contribution in [0.5, 0.6) is 11.5 Å². The van der Waals surface area contributed by atoms with Gasteiger partial charge in [0, 0.05) is 6.61 Å². The van der Waals surface area contributed by atoms with Crippen molar-refractivity contribution in [2.45, 2.75) is 38.7 Å². The summed E-state index contributed by atoms with van der Waals surface area (Å²) in [7, 11) is 1.53. The fourth-order valence-electron chi connectivity index (χ4n) is 2.88. The van der Waals surface area contributed by atoms with Gasteiger partial charge in [-0.25, -0.2) is 0 Å². The van der Waals surface area contributed by atoms with E-state index in [0.29, 0.717) is 12.2 Å². The summed E-state index contributed by atoms with van der Waals surface area (Å²) in [6, 6.07) is 5.34. The third-order valence-corrected chi connectivity index (χ3v) is 4.14. The molecule has 0 radical (unpaired) electrons. The number of hydrogen-bond acceptors (Lipinski definition) is 5. The van der Waals surface area contributed by atoms with Crippen LogP contribution < -0.4 is 10.5 Å². The highest BCUT2D eigenvalue weighted by molar-refractivity contribution is 5.42. The summed E-state index contributed by atoms with van der Waals surface area (Å²) in [5.74, 6) is 0.720. The highest BCUT2D eigenvalue weighted by Gasteiger charge is 2.32. The Labute approximate surface area is 138 Å². The van der Waals surface area contributed by atoms with Crippen molar-refractivity contribution in [3.63, 3.8) is 0 Å². The van der Waals surface area contributed by atoms with Gasteiger partial charge < -0.3 is 25.4 Å². The molecule has 0 heterocycles. The van der Waals surface area contributed by atoms with Gasteiger partial charge in [0.25, 0.3) is 0 Å². The Morgan fingerprint density at radius 1 is 1.39 bits per heavy atom. The van der Waals surface area contributed by atoms with Crippen LogP contribution in [-0.2, 0) is 11.2 Å². The molecule has 1 aromatic rings. The minimum atomic E-state index is -0.510. The molecule has 0 aliphatic carbocycles. The second kappa shape index (κ2) is 9.55. The molecule has 5 heteroatoms. The fourth-order valence-corrected chi connectivity index (χ4v) is 2.88. The molecule has 1 aromatic carbocycles. The number of aliphatic hydroxyl groups is 1. The van der Waals surface area contributed by atoms with Crippen LogP contribution in [0.4, 0.5) is 0 Å². The van der Waals surface area contributed by atoms with Crippen molar-refractivity contribution in [1.29, 1.82) is 0 Å². The largest absolute Gasteiger partial charge is 0.504 e. The summed E-state index contributed by atoms with van der Waals surface area (Å²) in [5, 5.41) is 18.9. The lowest BCUT2D eigenvalue weighted by atomic mass is 9.80. The topological polar surface area (TPSA) is 84.9 Å². The first kappa shape index (κ1) is 19.5. The summed E-state index contributed by atoms with van der Waals surface area (Å²) >= 11 is 0. The molecule has 0 amide bonds. The summed E-state index contributed by atoms with van der Waals surface area (Å²) in [6.45, 7) is 4.24. The minimum Gasteiger partial charge on any atom is -0.504 e. The highest BCUT2D eigenvalue weighted by atomic mass is 16.5. The lowest BCUT2D eigenvalue weighted by Gasteiger charge is -2.35. The molecular formula is C18H29NO4. The maximum atomic E-state index is 9.73. The van der Waals surface area contributed by atoms with E-state index < -0.39 is 5.60 Å². The molecule has 0 bridgehead atoms. The Balaban J connectivity index is 3.05. The van der Waals surface area contributed by atoms with E-state index in [9.17, 15) is 10.2 Å². The lowest BCUT2D eigenvalue weighted by Crippen LogP contribution is -2.39. The zero-order valence-corrected chi connectivity index (χ0v) is 14.3. The van der Waals surface area contributed by atoms with Gasteiger partial charge in [-0.1, -0.05) is 18.2 Å². The molecule has 23 heavy (non-hydrogen) atoms. The normalized spacial score (nSPS) is 15.5. The standard InChI is InChI=1S/C18H29NO4/c1-4-9-18(2,23-13-19)15(6-5-10-20)11-14-7-8-16(21)17(12-14)22-3/h4,7-9,12,15,20-21H,5-6,10-11,13,19H2,1-3H3/b9-4-/t15-,18?/m1/s1. The van der Waals surface area contributed by atoms with Crippen molar-refractivity contribution in [1.82, 2.24) is 0 Å². The summed E-state index contributed by atoms with van der Waals surface area (Å²) < 4.78 is 11.0. The smallest absolute Gasteiger partial charge is 0.160 e. The van der Waals surface area contributed by atoms with Crippen molar-refractivity contribution in [2.75, 3.05) is 20.4 Å². The molecule has 0 fully saturated rings. The van der Waals surface area contributed by atoms with E-state index in [1.165, 1.54) is 7.11 Å². The molecule has 0 saturated heterocycles. The maximum Gasteiger partial charge on any atom is 0.160 e. The first-order valence-electron chi connectivity index (χ1n) is 7.95. The third-order valence-electron chi connectivity index (χ3n) is 4.14. The van der Waals surface area contributed by atoms with Crippen molar-refractivity contribution in [2.24, 2.45) is 11.7 Å². The number of phenols is 1. The SMILES string of the molecule is C/C=C\C(C)(OCN)[C@H](CCCO)Cc1ccc(O)c(OC)c1. The Morgan fingerprint density at radius 3 is 2.70 bits per heavy atom. The molecule has 0 aliphatic rings. The summed E-state index contributed by atoms with van der Waals surface area (Å²) in [6.07, 6.45) is 6.21. The molecule has 4 N–H and O–H groups in total. The first-order valence-corrected chi connectivity index (χ1v) is 7.95. The number of phenolic OH excluding ortho intramolecular Hbond substituents is 1. The van der Waals surface area contributed by atoms with Crippen molar-refractivity contribution in [3.05, 3.63) is 35.9 Å². The first-order chi connectivity index (χ1) is 11.0. The van der Waals surface area contributed by atoms with Gasteiger partial charge in [-0.3, -0.25) is 0 Å². The van der Waals surface area contributed by atoms with Crippen LogP contribution in [-0.4, -0.2) is 36.3 Å². The number of hydrogen-bond donors (Lipinski definition) is 3. The third kappa shape index (κ3) is 5.53. The van der Waals surface area contributed by atoms with E-state index in [-0.39, 0.29) is 25.0 Å². The van der Waals surface area contributed by atoms with Crippen molar-refractivity contribution >= 4 is 0 Å². The molecule has 2 atom stereocenters. The van der Waals surface area contributed by atoms with E-state index in [1.54, 1.807) is 6.07 Å². The lowest BCUT2D eigenvalue weighted by molar-refractivity contribution is -0.0385. The van der Waals surface area contributed by atoms with Crippen LogP contribution in [0.3, 0.4) is 0 Å². The van der Waals surface area contributed by atoms with Gasteiger partial charge in [-0.2, -0.15) is 0 Å². The van der Waals surface area contributed by atoms with E-state index in [2.05, 4.69) is 0 Å². The van der Waals surface area contributed by atoms with Crippen LogP contribution in [0.25, 0.3) is 0 Å². The quantitative estimate of drug-likeness (QED) is 0.455. The average Bonchev–Trinajstić information content (AvgIpc) is 2.53. The van der Waals surface area contributed by atoms with E-state index in [0.717, 1.165) is 18.4 Å². The van der Waals surface area contributed by atoms with Crippen LogP contribution in [0.1, 0.15) is 32.3 Å². The molecule has 1 rings (SSSR count). The molecule has 0 aliphatic heterocycles. The predicted octanol–water partition coefficient (Wildman–Crippen LogP) is 2.60. The Bertz CT molecular complexity index is 504. The Kier molecular flexibility index (Phi) is 8.09. The van der Waals surface area contributed by atoms with Crippen LogP contribution >= 0.6 is 0 Å². The fraction of sp³-hybridized carbons (Fsp3) is 0.556. The van der Waals surface area contributed by atoms with Crippen LogP contribution in [0, 0.1) is 5.92 Å². The second-order valence-corrected chi connectivity index (χ2v) is 5.77. The Hall–Kier alpha value is -1.56. The minimum absolute atomic E-state index is 0.123. The number of rotatable bonds is 10. The average molecular weight is 323 g/mol. The van der Waals surface area contributed by atoms with Gasteiger partial charge in [-0.05, 0) is 56.7 Å². The highest BCUT2D eigenvalue weighted by Crippen LogP contribution is 2.33. The number of methoxy groups -OCH3 is 1. The van der Waals surface area contributed by atoms with Gasteiger partial charge in [0.1, 0.15) is 0 Å². The molecule has 130 valence electrons. The Morgan fingerprint density at radius 2 is 2.13 bits per heavy atom. The molecule has 5 nitrogen and oxygen atoms in total. The van der Waals surface area contributed by atoms with E-state index >= 15 is 0 Å². The van der Waals surface area contributed by atoms with Crippen LogP contribution in [0.15, 0.2) is 30.4 Å². The van der Waals surface area contributed by atoms with E-state index in [4.69, 9.17) is 15.2 Å². The monoisotopic (exact) mass is 323 g/mol. The van der Waals surface area contributed by atoms with Crippen molar-refractivity contribution < 1.29 is 19.7 Å². The zero-order chi connectivity index (χ0) is 17.3. The number of aliphatic hydroxyl groups excluding tert-OH is 1. The van der Waals surface area contributed by atoms with Gasteiger partial charge in [-0.15, -0.1) is 0 Å². The number of aromatic hydroxyl groups is 1. The second-order valence-electron chi connectivity index (χ2n) is 5.77. The van der Waals surface area contributed by atoms with Gasteiger partial charge >= 0.3 is 0 Å². The summed E-state index contributed by atoms with van der Waals surface area (Å²) in [4.78, 5) is 0. The maximum absolute atomic E-state index is 9.73. The zero-order valence-electron chi connectivity index (χ0n) is 14.3. The van der Waals surface area contributed by atoms with Crippen molar-refractivity contribution in [3.8, 4) is 11.5 Å². The van der Waals surface area contributed by atoms with Gasteiger partial charge in [0.15, 0.2) is 11.5 Å². The van der Waals surface area contributed by atoms with Gasteiger partial charge in [0.05, 0.1) is 19.4 Å². The number of benzene rings is 1. The molecule has 0 aromatic heterocycles. The van der Waals surface area contributed by atoms with Crippen LogP contribution in [0.2, 0.25) is 0 Å². The van der Waals surface area contributed by atoms with Gasteiger partial charge in [0.2, 0.25) is 0 Å². The molecule has 1 unspecified atom stereocenters. The molecule has 0 spiro atoms. The predicted molar refractivity (Wildman–Crippen MR) is 91.5 cm³/mol. The summed E-state index contributed by atoms with van der Waals surface area (Å²) in [5.41, 5.74) is 6.14. The van der Waals surface area contributed by atoms with E-state index in [1.807, 2.05) is 38.1 Å². The molecule has 0 saturated carbocycles.